The van der Waals surface area contributed by atoms with E-state index in [4.69, 9.17) is 16.3 Å². The lowest BCUT2D eigenvalue weighted by atomic mass is 10.1. The number of alkyl halides is 3. The second-order valence-electron chi connectivity index (χ2n) is 7.44. The van der Waals surface area contributed by atoms with Crippen molar-refractivity contribution in [1.82, 2.24) is 4.98 Å². The second-order valence-corrected chi connectivity index (χ2v) is 9.10. The van der Waals surface area contributed by atoms with E-state index in [2.05, 4.69) is 15.6 Å². The molecule has 1 heterocycles. The van der Waals surface area contributed by atoms with Gasteiger partial charge in [0.25, 0.3) is 5.91 Å². The van der Waals surface area contributed by atoms with Crippen LogP contribution >= 0.6 is 22.9 Å². The summed E-state index contributed by atoms with van der Waals surface area (Å²) in [7, 11) is 0. The van der Waals surface area contributed by atoms with Gasteiger partial charge in [-0.25, -0.2) is 4.98 Å². The summed E-state index contributed by atoms with van der Waals surface area (Å²) < 4.78 is 44.3. The number of rotatable bonds is 8. The highest BCUT2D eigenvalue weighted by molar-refractivity contribution is 7.19. The highest BCUT2D eigenvalue weighted by atomic mass is 35.5. The first-order valence-electron chi connectivity index (χ1n) is 9.65. The van der Waals surface area contributed by atoms with E-state index in [1.165, 1.54) is 18.3 Å². The second kappa shape index (κ2) is 9.79. The minimum Gasteiger partial charge on any atom is -0.478 e. The van der Waals surface area contributed by atoms with E-state index in [1.54, 1.807) is 32.0 Å². The third-order valence-corrected chi connectivity index (χ3v) is 5.51. The van der Waals surface area contributed by atoms with Crippen LogP contribution in [0.5, 0.6) is 5.75 Å². The molecule has 0 bridgehead atoms. The topological polar surface area (TPSA) is 63.2 Å². The average molecular weight is 484 g/mol. The molecular weight excluding hydrogens is 463 g/mol. The van der Waals surface area contributed by atoms with E-state index < -0.39 is 17.3 Å². The van der Waals surface area contributed by atoms with Crippen molar-refractivity contribution >= 4 is 39.7 Å². The van der Waals surface area contributed by atoms with Crippen molar-refractivity contribution in [3.63, 3.8) is 0 Å². The monoisotopic (exact) mass is 483 g/mol. The summed E-state index contributed by atoms with van der Waals surface area (Å²) in [4.78, 5) is 16.5. The molecule has 0 aliphatic heterocycles. The van der Waals surface area contributed by atoms with Crippen LogP contribution in [0.15, 0.2) is 54.7 Å². The summed E-state index contributed by atoms with van der Waals surface area (Å²) >= 11 is 6.98. The Kier molecular flexibility index (Phi) is 7.30. The number of carbonyl (C=O) groups excluding carboxylic acids is 1. The number of carbonyl (C=O) groups is 1. The number of hydrogen-bond donors (Lipinski definition) is 2. The first-order valence-corrected chi connectivity index (χ1v) is 10.8. The van der Waals surface area contributed by atoms with Gasteiger partial charge in [0.15, 0.2) is 10.7 Å². The van der Waals surface area contributed by atoms with Crippen molar-refractivity contribution < 1.29 is 22.7 Å². The summed E-state index contributed by atoms with van der Waals surface area (Å²) in [5.74, 6) is 0.117. The zero-order chi connectivity index (χ0) is 23.4. The molecule has 32 heavy (non-hydrogen) atoms. The van der Waals surface area contributed by atoms with Gasteiger partial charge in [-0.1, -0.05) is 41.1 Å². The molecule has 5 nitrogen and oxygen atoms in total. The van der Waals surface area contributed by atoms with Crippen LogP contribution in [0.25, 0.3) is 0 Å². The predicted octanol–water partition coefficient (Wildman–Crippen LogP) is 6.27. The molecule has 0 fully saturated rings. The molecule has 0 aliphatic carbocycles. The first kappa shape index (κ1) is 23.9. The summed E-state index contributed by atoms with van der Waals surface area (Å²) in [6.07, 6.45) is -2.34. The van der Waals surface area contributed by atoms with Crippen molar-refractivity contribution in [3.8, 4) is 5.75 Å². The number of nitrogens with one attached hydrogen (secondary N) is 2. The van der Waals surface area contributed by atoms with E-state index in [-0.39, 0.29) is 5.91 Å². The fourth-order valence-electron chi connectivity index (χ4n) is 2.78. The van der Waals surface area contributed by atoms with Gasteiger partial charge in [0, 0.05) is 18.3 Å². The number of hydrogen-bond acceptors (Lipinski definition) is 5. The van der Waals surface area contributed by atoms with Crippen molar-refractivity contribution in [1.29, 1.82) is 0 Å². The SMILES string of the molecule is CC(C)(Oc1cccc(NCCc2ccc(C(F)(F)F)cc2)c1)C(=O)Nc1ncc(Cl)s1. The van der Waals surface area contributed by atoms with Crippen LogP contribution in [0.2, 0.25) is 4.34 Å². The molecule has 2 aromatic carbocycles. The lowest BCUT2D eigenvalue weighted by molar-refractivity contribution is -0.137. The minimum absolute atomic E-state index is 0.371. The van der Waals surface area contributed by atoms with Gasteiger partial charge in [-0.05, 0) is 50.1 Å². The van der Waals surface area contributed by atoms with E-state index in [9.17, 15) is 18.0 Å². The van der Waals surface area contributed by atoms with Gasteiger partial charge in [-0.2, -0.15) is 13.2 Å². The van der Waals surface area contributed by atoms with Crippen LogP contribution in [0.3, 0.4) is 0 Å². The number of nitrogens with zero attached hydrogens (tertiary/aromatic N) is 1. The Labute approximate surface area is 192 Å². The van der Waals surface area contributed by atoms with Gasteiger partial charge < -0.3 is 10.1 Å². The standard InChI is InChI=1S/C22H21ClF3N3O2S/c1-21(2,19(30)29-20-28-13-18(23)32-20)31-17-5-3-4-16(12-17)27-11-10-14-6-8-15(9-7-14)22(24,25)26/h3-9,12-13,27H,10-11H2,1-2H3,(H,28,29,30). The van der Waals surface area contributed by atoms with Gasteiger partial charge >= 0.3 is 6.18 Å². The first-order chi connectivity index (χ1) is 15.0. The maximum absolute atomic E-state index is 12.7. The largest absolute Gasteiger partial charge is 0.478 e. The number of aromatic nitrogens is 1. The molecule has 1 aromatic heterocycles. The molecular formula is C22H21ClF3N3O2S. The molecule has 170 valence electrons. The van der Waals surface area contributed by atoms with Crippen LogP contribution in [0, 0.1) is 0 Å². The van der Waals surface area contributed by atoms with Gasteiger partial charge in [-0.3, -0.25) is 10.1 Å². The number of anilines is 2. The third kappa shape index (κ3) is 6.61. The quantitative estimate of drug-likeness (QED) is 0.396. The smallest absolute Gasteiger partial charge is 0.416 e. The predicted molar refractivity (Wildman–Crippen MR) is 121 cm³/mol. The summed E-state index contributed by atoms with van der Waals surface area (Å²) in [5.41, 5.74) is -0.282. The fraction of sp³-hybridized carbons (Fsp3) is 0.273. The average Bonchev–Trinajstić information content (AvgIpc) is 3.12. The number of thiazole rings is 1. The molecule has 3 rings (SSSR count). The van der Waals surface area contributed by atoms with Crippen LogP contribution in [0.1, 0.15) is 25.0 Å². The molecule has 0 unspecified atom stereocenters. The van der Waals surface area contributed by atoms with Crippen molar-refractivity contribution in [2.75, 3.05) is 17.2 Å². The number of amides is 1. The Balaban J connectivity index is 1.54. The van der Waals surface area contributed by atoms with Crippen molar-refractivity contribution in [2.24, 2.45) is 0 Å². The molecule has 10 heteroatoms. The number of benzene rings is 2. The third-order valence-electron chi connectivity index (χ3n) is 4.48. The van der Waals surface area contributed by atoms with Gasteiger partial charge in [0.2, 0.25) is 0 Å². The van der Waals surface area contributed by atoms with Gasteiger partial charge in [-0.15, -0.1) is 0 Å². The highest BCUT2D eigenvalue weighted by Crippen LogP contribution is 2.29. The molecule has 0 spiro atoms. The van der Waals surface area contributed by atoms with Crippen molar-refractivity contribution in [2.45, 2.75) is 32.0 Å². The van der Waals surface area contributed by atoms with E-state index in [1.807, 2.05) is 6.07 Å². The van der Waals surface area contributed by atoms with Crippen LogP contribution < -0.4 is 15.4 Å². The van der Waals surface area contributed by atoms with E-state index in [0.717, 1.165) is 34.7 Å². The van der Waals surface area contributed by atoms with Crippen LogP contribution in [-0.4, -0.2) is 23.0 Å². The summed E-state index contributed by atoms with van der Waals surface area (Å²) in [6, 6.07) is 12.2. The molecule has 0 saturated heterocycles. The zero-order valence-electron chi connectivity index (χ0n) is 17.3. The van der Waals surface area contributed by atoms with E-state index >= 15 is 0 Å². The van der Waals surface area contributed by atoms with E-state index in [0.29, 0.717) is 28.2 Å². The summed E-state index contributed by atoms with van der Waals surface area (Å²) in [6.45, 7) is 3.80. The molecule has 0 aliphatic rings. The molecule has 0 saturated carbocycles. The molecule has 0 radical (unpaired) electrons. The Bertz CT molecular complexity index is 1070. The van der Waals surface area contributed by atoms with Crippen LogP contribution in [-0.2, 0) is 17.4 Å². The zero-order valence-corrected chi connectivity index (χ0v) is 18.9. The molecule has 0 atom stereocenters. The maximum atomic E-state index is 12.7. The van der Waals surface area contributed by atoms with Crippen LogP contribution in [0.4, 0.5) is 24.0 Å². The lowest BCUT2D eigenvalue weighted by Crippen LogP contribution is -2.42. The Hall–Kier alpha value is -2.78. The molecule has 3 aromatic rings. The Morgan fingerprint density at radius 3 is 2.50 bits per heavy atom. The maximum Gasteiger partial charge on any atom is 0.416 e. The number of ether oxygens (including phenoxy) is 1. The fourth-order valence-corrected chi connectivity index (χ4v) is 3.59. The Morgan fingerprint density at radius 2 is 1.88 bits per heavy atom. The molecule has 2 N–H and O–H groups in total. The lowest BCUT2D eigenvalue weighted by Gasteiger charge is -2.25. The van der Waals surface area contributed by atoms with Crippen molar-refractivity contribution in [3.05, 3.63) is 70.2 Å². The number of halogens is 4. The van der Waals surface area contributed by atoms with Gasteiger partial charge in [0.05, 0.1) is 11.8 Å². The molecule has 1 amide bonds. The normalized spacial score (nSPS) is 11.8. The highest BCUT2D eigenvalue weighted by Gasteiger charge is 2.31. The van der Waals surface area contributed by atoms with Gasteiger partial charge in [0.1, 0.15) is 10.1 Å². The Morgan fingerprint density at radius 1 is 1.16 bits per heavy atom. The summed E-state index contributed by atoms with van der Waals surface area (Å²) in [5, 5.41) is 6.27. The minimum atomic E-state index is -4.34.